The van der Waals surface area contributed by atoms with Crippen LogP contribution in [0, 0.1) is 0 Å². The lowest BCUT2D eigenvalue weighted by molar-refractivity contribution is 0.0697. The van der Waals surface area contributed by atoms with Crippen molar-refractivity contribution < 1.29 is 9.90 Å². The molecule has 1 aromatic carbocycles. The Morgan fingerprint density at radius 1 is 1.42 bits per heavy atom. The number of carbonyl (C=O) groups is 1. The number of hydrogen-bond donors (Lipinski definition) is 1. The van der Waals surface area contributed by atoms with Crippen LogP contribution >= 0.6 is 11.3 Å². The van der Waals surface area contributed by atoms with E-state index in [1.54, 1.807) is 23.5 Å². The second-order valence-electron chi connectivity index (χ2n) is 5.12. The Hall–Kier alpha value is -1.46. The topological polar surface area (TPSA) is 53.4 Å². The summed E-state index contributed by atoms with van der Waals surface area (Å²) < 4.78 is 0.980. The summed E-state index contributed by atoms with van der Waals surface area (Å²) >= 11 is 1.64. The molecule has 0 bridgehead atoms. The maximum Gasteiger partial charge on any atom is 0.335 e. The maximum atomic E-state index is 11.0. The number of rotatable bonds is 2. The number of hydrogen-bond acceptors (Lipinski definition) is 4. The van der Waals surface area contributed by atoms with Crippen molar-refractivity contribution in [3.05, 3.63) is 28.8 Å². The van der Waals surface area contributed by atoms with E-state index in [2.05, 4.69) is 16.9 Å². The summed E-state index contributed by atoms with van der Waals surface area (Å²) in [6.45, 7) is 2.22. The Kier molecular flexibility index (Phi) is 3.24. The van der Waals surface area contributed by atoms with Gasteiger partial charge in [-0.2, -0.15) is 0 Å². The molecular formula is C14H16N2O2S. The van der Waals surface area contributed by atoms with Crippen LogP contribution < -0.4 is 0 Å². The molecule has 1 saturated heterocycles. The lowest BCUT2D eigenvalue weighted by Crippen LogP contribution is -2.29. The van der Waals surface area contributed by atoms with Crippen LogP contribution in [-0.2, 0) is 0 Å². The number of aromatic carboxylic acids is 1. The second kappa shape index (κ2) is 4.90. The predicted molar refractivity (Wildman–Crippen MR) is 76.1 cm³/mol. The summed E-state index contributed by atoms with van der Waals surface area (Å²) in [5.74, 6) is -0.349. The van der Waals surface area contributed by atoms with Crippen molar-refractivity contribution in [3.63, 3.8) is 0 Å². The Labute approximate surface area is 115 Å². The molecule has 0 radical (unpaired) electrons. The number of piperidine rings is 1. The molecule has 0 saturated carbocycles. The first kappa shape index (κ1) is 12.6. The smallest absolute Gasteiger partial charge is 0.335 e. The number of aromatic nitrogens is 1. The molecule has 1 aromatic heterocycles. The maximum absolute atomic E-state index is 11.0. The van der Waals surface area contributed by atoms with Crippen molar-refractivity contribution in [3.8, 4) is 0 Å². The van der Waals surface area contributed by atoms with E-state index in [9.17, 15) is 4.79 Å². The molecule has 2 heterocycles. The highest BCUT2D eigenvalue weighted by molar-refractivity contribution is 7.18. The third-order valence-electron chi connectivity index (χ3n) is 3.72. The molecule has 19 heavy (non-hydrogen) atoms. The van der Waals surface area contributed by atoms with Crippen LogP contribution in [0.15, 0.2) is 18.2 Å². The Morgan fingerprint density at radius 2 is 2.16 bits per heavy atom. The van der Waals surface area contributed by atoms with Crippen LogP contribution in [0.5, 0.6) is 0 Å². The SMILES string of the molecule is CN1CCC(c2nc3ccc(C(=O)O)cc3s2)CC1. The molecule has 4 nitrogen and oxygen atoms in total. The second-order valence-corrected chi connectivity index (χ2v) is 6.18. The van der Waals surface area contributed by atoms with Gasteiger partial charge in [0.1, 0.15) is 0 Å². The van der Waals surface area contributed by atoms with E-state index in [1.807, 2.05) is 6.07 Å². The Morgan fingerprint density at radius 3 is 2.84 bits per heavy atom. The minimum atomic E-state index is -0.879. The molecule has 2 aromatic rings. The first-order valence-corrected chi connectivity index (χ1v) is 7.27. The van der Waals surface area contributed by atoms with E-state index >= 15 is 0 Å². The molecule has 0 amide bonds. The zero-order valence-corrected chi connectivity index (χ0v) is 11.6. The van der Waals surface area contributed by atoms with Gasteiger partial charge in [-0.1, -0.05) is 0 Å². The van der Waals surface area contributed by atoms with Gasteiger partial charge in [-0.25, -0.2) is 9.78 Å². The van der Waals surface area contributed by atoms with Gasteiger partial charge >= 0.3 is 5.97 Å². The van der Waals surface area contributed by atoms with Crippen molar-refractivity contribution in [2.24, 2.45) is 0 Å². The van der Waals surface area contributed by atoms with Gasteiger partial charge in [-0.3, -0.25) is 0 Å². The van der Waals surface area contributed by atoms with Gasteiger partial charge in [0.15, 0.2) is 0 Å². The molecule has 0 aliphatic carbocycles. The highest BCUT2D eigenvalue weighted by atomic mass is 32.1. The molecule has 1 fully saturated rings. The van der Waals surface area contributed by atoms with Gasteiger partial charge in [0.05, 0.1) is 20.8 Å². The molecule has 3 rings (SSSR count). The van der Waals surface area contributed by atoms with Gasteiger partial charge in [0, 0.05) is 5.92 Å². The average molecular weight is 276 g/mol. The fraction of sp³-hybridized carbons (Fsp3) is 0.429. The number of thiazole rings is 1. The van der Waals surface area contributed by atoms with Crippen molar-refractivity contribution in [2.45, 2.75) is 18.8 Å². The highest BCUT2D eigenvalue weighted by Gasteiger charge is 2.21. The lowest BCUT2D eigenvalue weighted by Gasteiger charge is -2.27. The van der Waals surface area contributed by atoms with Crippen LogP contribution in [0.4, 0.5) is 0 Å². The van der Waals surface area contributed by atoms with Gasteiger partial charge in [-0.15, -0.1) is 11.3 Å². The molecule has 0 spiro atoms. The monoisotopic (exact) mass is 276 g/mol. The summed E-state index contributed by atoms with van der Waals surface area (Å²) in [5.41, 5.74) is 1.26. The van der Waals surface area contributed by atoms with Crippen molar-refractivity contribution in [1.29, 1.82) is 0 Å². The third kappa shape index (κ3) is 2.48. The molecule has 1 N–H and O–H groups in total. The van der Waals surface area contributed by atoms with Crippen molar-refractivity contribution in [1.82, 2.24) is 9.88 Å². The van der Waals surface area contributed by atoms with Crippen molar-refractivity contribution >= 4 is 27.5 Å². The van der Waals surface area contributed by atoms with Gasteiger partial charge in [-0.05, 0) is 51.2 Å². The van der Waals surface area contributed by atoms with E-state index in [0.29, 0.717) is 11.5 Å². The average Bonchev–Trinajstić information content (AvgIpc) is 2.82. The van der Waals surface area contributed by atoms with E-state index in [0.717, 1.165) is 41.2 Å². The molecule has 0 unspecified atom stereocenters. The Balaban J connectivity index is 1.91. The summed E-state index contributed by atoms with van der Waals surface area (Å²) in [6.07, 6.45) is 2.28. The fourth-order valence-electron chi connectivity index (χ4n) is 2.51. The highest BCUT2D eigenvalue weighted by Crippen LogP contribution is 2.33. The standard InChI is InChI=1S/C14H16N2O2S/c1-16-6-4-9(5-7-16)13-15-11-3-2-10(14(17)18)8-12(11)19-13/h2-3,8-9H,4-7H2,1H3,(H,17,18). The zero-order valence-electron chi connectivity index (χ0n) is 10.8. The summed E-state index contributed by atoms with van der Waals surface area (Å²) in [6, 6.07) is 5.17. The zero-order chi connectivity index (χ0) is 13.4. The molecular weight excluding hydrogens is 260 g/mol. The summed E-state index contributed by atoms with van der Waals surface area (Å²) in [7, 11) is 2.15. The molecule has 5 heteroatoms. The van der Waals surface area contributed by atoms with Gasteiger partial charge < -0.3 is 10.0 Å². The molecule has 1 aliphatic rings. The van der Waals surface area contributed by atoms with E-state index in [-0.39, 0.29) is 0 Å². The Bertz CT molecular complexity index is 615. The van der Waals surface area contributed by atoms with Gasteiger partial charge in [0.2, 0.25) is 0 Å². The summed E-state index contributed by atoms with van der Waals surface area (Å²) in [5, 5.41) is 10.2. The fourth-order valence-corrected chi connectivity index (χ4v) is 3.68. The van der Waals surface area contributed by atoms with Crippen LogP contribution in [0.2, 0.25) is 0 Å². The quantitative estimate of drug-likeness (QED) is 0.916. The molecule has 100 valence electrons. The number of fused-ring (bicyclic) bond motifs is 1. The predicted octanol–water partition coefficient (Wildman–Crippen LogP) is 2.80. The minimum absolute atomic E-state index is 0.339. The number of carboxylic acids is 1. The minimum Gasteiger partial charge on any atom is -0.478 e. The van der Waals surface area contributed by atoms with Crippen LogP contribution in [0.25, 0.3) is 10.2 Å². The van der Waals surface area contributed by atoms with E-state index < -0.39 is 5.97 Å². The van der Waals surface area contributed by atoms with Crippen LogP contribution in [0.3, 0.4) is 0 Å². The van der Waals surface area contributed by atoms with Crippen LogP contribution in [-0.4, -0.2) is 41.1 Å². The largest absolute Gasteiger partial charge is 0.478 e. The third-order valence-corrected chi connectivity index (χ3v) is 4.90. The molecule has 0 atom stereocenters. The number of nitrogens with zero attached hydrogens (tertiary/aromatic N) is 2. The van der Waals surface area contributed by atoms with Gasteiger partial charge in [0.25, 0.3) is 0 Å². The number of benzene rings is 1. The lowest BCUT2D eigenvalue weighted by atomic mass is 9.98. The van der Waals surface area contributed by atoms with E-state index in [1.165, 1.54) is 0 Å². The molecule has 1 aliphatic heterocycles. The first-order valence-electron chi connectivity index (χ1n) is 6.46. The number of likely N-dealkylation sites (tertiary alicyclic amines) is 1. The normalized spacial score (nSPS) is 17.9. The number of carboxylic acid groups (broad SMARTS) is 1. The van der Waals surface area contributed by atoms with E-state index in [4.69, 9.17) is 5.11 Å². The van der Waals surface area contributed by atoms with Crippen molar-refractivity contribution in [2.75, 3.05) is 20.1 Å². The summed E-state index contributed by atoms with van der Waals surface area (Å²) in [4.78, 5) is 18.0. The first-order chi connectivity index (χ1) is 9.13. The van der Waals surface area contributed by atoms with Crippen LogP contribution in [0.1, 0.15) is 34.1 Å².